The first-order valence-corrected chi connectivity index (χ1v) is 8.11. The van der Waals surface area contributed by atoms with Crippen LogP contribution in [0.1, 0.15) is 37.2 Å². The molecule has 0 aliphatic heterocycles. The highest BCUT2D eigenvalue weighted by Crippen LogP contribution is 2.14. The number of benzene rings is 1. The maximum atomic E-state index is 12.8. The molecule has 7 nitrogen and oxygen atoms in total. The van der Waals surface area contributed by atoms with Crippen LogP contribution in [0.5, 0.6) is 0 Å². The van der Waals surface area contributed by atoms with E-state index in [1.165, 1.54) is 4.90 Å². The van der Waals surface area contributed by atoms with Crippen LogP contribution in [0.15, 0.2) is 29.1 Å². The average Bonchev–Trinajstić information content (AvgIpc) is 2.59. The first-order valence-electron chi connectivity index (χ1n) is 8.11. The van der Waals surface area contributed by atoms with E-state index < -0.39 is 0 Å². The minimum Gasteiger partial charge on any atom is -0.355 e. The number of nitrogens with zero attached hydrogens (tertiary/aromatic N) is 2. The quantitative estimate of drug-likeness (QED) is 0.800. The molecule has 24 heavy (non-hydrogen) atoms. The molecule has 1 aromatic carbocycles. The zero-order valence-corrected chi connectivity index (χ0v) is 14.0. The molecular formula is C17H22N4O3. The molecule has 1 heterocycles. The molecule has 0 atom stereocenters. The number of rotatable bonds is 7. The molecule has 2 aromatic rings. The Kier molecular flexibility index (Phi) is 6.06. The van der Waals surface area contributed by atoms with Gasteiger partial charge in [-0.3, -0.25) is 14.4 Å². The van der Waals surface area contributed by atoms with E-state index in [0.29, 0.717) is 30.3 Å². The van der Waals surface area contributed by atoms with Crippen molar-refractivity contribution in [1.82, 2.24) is 20.4 Å². The molecule has 0 radical (unpaired) electrons. The highest BCUT2D eigenvalue weighted by molar-refractivity contribution is 6.05. The van der Waals surface area contributed by atoms with Crippen molar-refractivity contribution in [2.75, 3.05) is 19.6 Å². The monoisotopic (exact) mass is 330 g/mol. The molecule has 0 spiro atoms. The van der Waals surface area contributed by atoms with Gasteiger partial charge in [0, 0.05) is 18.5 Å². The van der Waals surface area contributed by atoms with E-state index >= 15 is 0 Å². The normalized spacial score (nSPS) is 10.6. The van der Waals surface area contributed by atoms with Gasteiger partial charge in [-0.25, -0.2) is 5.10 Å². The van der Waals surface area contributed by atoms with Crippen LogP contribution in [0.3, 0.4) is 0 Å². The Bertz CT molecular complexity index is 785. The molecule has 0 fully saturated rings. The fourth-order valence-electron chi connectivity index (χ4n) is 2.44. The molecule has 0 unspecified atom stereocenters. The van der Waals surface area contributed by atoms with Gasteiger partial charge in [0.25, 0.3) is 11.5 Å². The summed E-state index contributed by atoms with van der Waals surface area (Å²) in [5, 5.41) is 9.93. The van der Waals surface area contributed by atoms with Gasteiger partial charge in [-0.2, -0.15) is 5.10 Å². The van der Waals surface area contributed by atoms with Gasteiger partial charge in [-0.1, -0.05) is 32.0 Å². The smallest absolute Gasteiger partial charge is 0.275 e. The molecule has 0 bridgehead atoms. The average molecular weight is 330 g/mol. The molecule has 2 rings (SSSR count). The van der Waals surface area contributed by atoms with Gasteiger partial charge < -0.3 is 10.2 Å². The highest BCUT2D eigenvalue weighted by atomic mass is 16.2. The summed E-state index contributed by atoms with van der Waals surface area (Å²) in [5.41, 5.74) is -0.188. The Morgan fingerprint density at radius 3 is 2.54 bits per heavy atom. The number of hydrogen-bond donors (Lipinski definition) is 2. The zero-order valence-electron chi connectivity index (χ0n) is 14.0. The Hall–Kier alpha value is -2.70. The van der Waals surface area contributed by atoms with Gasteiger partial charge in [-0.05, 0) is 18.9 Å². The van der Waals surface area contributed by atoms with E-state index in [4.69, 9.17) is 0 Å². The van der Waals surface area contributed by atoms with Crippen LogP contribution < -0.4 is 10.9 Å². The topological polar surface area (TPSA) is 95.2 Å². The Morgan fingerprint density at radius 1 is 1.17 bits per heavy atom. The van der Waals surface area contributed by atoms with Crippen molar-refractivity contribution in [2.24, 2.45) is 0 Å². The molecule has 7 heteroatoms. The number of H-pyrrole nitrogens is 1. The van der Waals surface area contributed by atoms with Crippen LogP contribution >= 0.6 is 0 Å². The fraction of sp³-hybridized carbons (Fsp3) is 0.412. The fourth-order valence-corrected chi connectivity index (χ4v) is 2.44. The predicted molar refractivity (Wildman–Crippen MR) is 91.9 cm³/mol. The number of aromatic nitrogens is 2. The van der Waals surface area contributed by atoms with E-state index in [-0.39, 0.29) is 29.6 Å². The summed E-state index contributed by atoms with van der Waals surface area (Å²) in [7, 11) is 0. The summed E-state index contributed by atoms with van der Waals surface area (Å²) in [6, 6.07) is 6.81. The third-order valence-electron chi connectivity index (χ3n) is 3.59. The summed E-state index contributed by atoms with van der Waals surface area (Å²) in [6.07, 6.45) is 1.55. The SMILES string of the molecule is CCCNC(=O)CN(CCC)C(=O)c1n[nH]c(=O)c2ccccc12. The number of carbonyl (C=O) groups excluding carboxylic acids is 2. The van der Waals surface area contributed by atoms with Crippen molar-refractivity contribution >= 4 is 22.6 Å². The van der Waals surface area contributed by atoms with E-state index in [2.05, 4.69) is 15.5 Å². The van der Waals surface area contributed by atoms with Gasteiger partial charge in [0.2, 0.25) is 5.91 Å². The van der Waals surface area contributed by atoms with Crippen molar-refractivity contribution in [3.63, 3.8) is 0 Å². The Labute approximate surface area is 140 Å². The molecular weight excluding hydrogens is 308 g/mol. The molecule has 2 N–H and O–H groups in total. The molecule has 128 valence electrons. The first kappa shape index (κ1) is 17.7. The summed E-state index contributed by atoms with van der Waals surface area (Å²) >= 11 is 0. The summed E-state index contributed by atoms with van der Waals surface area (Å²) in [4.78, 5) is 38.1. The maximum absolute atomic E-state index is 12.8. The van der Waals surface area contributed by atoms with Gasteiger partial charge in [0.15, 0.2) is 5.69 Å². The second-order valence-electron chi connectivity index (χ2n) is 5.52. The van der Waals surface area contributed by atoms with Crippen LogP contribution in [0.2, 0.25) is 0 Å². The molecule has 0 aliphatic rings. The lowest BCUT2D eigenvalue weighted by Gasteiger charge is -2.21. The lowest BCUT2D eigenvalue weighted by Crippen LogP contribution is -2.42. The molecule has 1 aromatic heterocycles. The van der Waals surface area contributed by atoms with Crippen LogP contribution in [0.4, 0.5) is 0 Å². The number of nitrogens with one attached hydrogen (secondary N) is 2. The van der Waals surface area contributed by atoms with Crippen molar-refractivity contribution in [1.29, 1.82) is 0 Å². The van der Waals surface area contributed by atoms with E-state index in [1.807, 2.05) is 13.8 Å². The largest absolute Gasteiger partial charge is 0.355 e. The number of carbonyl (C=O) groups is 2. The standard InChI is InChI=1S/C17H22N4O3/c1-3-9-18-14(22)11-21(10-4-2)17(24)15-12-7-5-6-8-13(12)16(23)20-19-15/h5-8H,3-4,9-11H2,1-2H3,(H,18,22)(H,20,23). The third-order valence-corrected chi connectivity index (χ3v) is 3.59. The van der Waals surface area contributed by atoms with Crippen molar-refractivity contribution < 1.29 is 9.59 Å². The number of hydrogen-bond acceptors (Lipinski definition) is 4. The first-order chi connectivity index (χ1) is 11.6. The minimum absolute atomic E-state index is 0.0260. The molecule has 0 aliphatic carbocycles. The minimum atomic E-state index is -0.365. The van der Waals surface area contributed by atoms with Crippen LogP contribution in [-0.4, -0.2) is 46.5 Å². The van der Waals surface area contributed by atoms with Gasteiger partial charge >= 0.3 is 0 Å². The van der Waals surface area contributed by atoms with E-state index in [1.54, 1.807) is 24.3 Å². The highest BCUT2D eigenvalue weighted by Gasteiger charge is 2.22. The molecule has 0 saturated carbocycles. The van der Waals surface area contributed by atoms with Crippen molar-refractivity contribution in [3.8, 4) is 0 Å². The van der Waals surface area contributed by atoms with Gasteiger partial charge in [0.05, 0.1) is 11.9 Å². The Balaban J connectivity index is 2.32. The van der Waals surface area contributed by atoms with Crippen molar-refractivity contribution in [2.45, 2.75) is 26.7 Å². The van der Waals surface area contributed by atoms with Crippen LogP contribution in [0.25, 0.3) is 10.8 Å². The van der Waals surface area contributed by atoms with Crippen LogP contribution in [0, 0.1) is 0 Å². The number of aromatic amines is 1. The van der Waals surface area contributed by atoms with E-state index in [9.17, 15) is 14.4 Å². The summed E-state index contributed by atoms with van der Waals surface area (Å²) < 4.78 is 0. The predicted octanol–water partition coefficient (Wildman–Crippen LogP) is 1.30. The third kappa shape index (κ3) is 3.98. The zero-order chi connectivity index (χ0) is 17.5. The molecule has 0 saturated heterocycles. The lowest BCUT2D eigenvalue weighted by atomic mass is 10.1. The van der Waals surface area contributed by atoms with Crippen LogP contribution in [-0.2, 0) is 4.79 Å². The second-order valence-corrected chi connectivity index (χ2v) is 5.52. The summed E-state index contributed by atoms with van der Waals surface area (Å²) in [5.74, 6) is -0.566. The number of amides is 2. The second kappa shape index (κ2) is 8.24. The lowest BCUT2D eigenvalue weighted by molar-refractivity contribution is -0.121. The van der Waals surface area contributed by atoms with Crippen molar-refractivity contribution in [3.05, 3.63) is 40.3 Å². The summed E-state index contributed by atoms with van der Waals surface area (Å²) in [6.45, 7) is 4.89. The van der Waals surface area contributed by atoms with E-state index in [0.717, 1.165) is 6.42 Å². The maximum Gasteiger partial charge on any atom is 0.275 e. The Morgan fingerprint density at radius 2 is 1.88 bits per heavy atom. The number of fused-ring (bicyclic) bond motifs is 1. The van der Waals surface area contributed by atoms with Gasteiger partial charge in [-0.15, -0.1) is 0 Å². The van der Waals surface area contributed by atoms with Gasteiger partial charge in [0.1, 0.15) is 0 Å². The molecule has 2 amide bonds.